The molecule has 0 aromatic heterocycles. The summed E-state index contributed by atoms with van der Waals surface area (Å²) in [5.41, 5.74) is 10.6. The largest absolute Gasteiger partial charge is 0.492 e. The van der Waals surface area contributed by atoms with Gasteiger partial charge in [0.15, 0.2) is 0 Å². The lowest BCUT2D eigenvalue weighted by Crippen LogP contribution is -2.24. The molecule has 0 saturated heterocycles. The normalized spacial score (nSPS) is 16.1. The van der Waals surface area contributed by atoms with Crippen LogP contribution in [0.2, 0.25) is 0 Å². The van der Waals surface area contributed by atoms with Crippen LogP contribution in [0.25, 0.3) is 0 Å². The van der Waals surface area contributed by atoms with Crippen LogP contribution in [0, 0.1) is 0 Å². The van der Waals surface area contributed by atoms with Crippen molar-refractivity contribution < 1.29 is 4.74 Å². The minimum atomic E-state index is 0.610. The second kappa shape index (κ2) is 5.45. The Morgan fingerprint density at radius 3 is 2.90 bits per heavy atom. The summed E-state index contributed by atoms with van der Waals surface area (Å²) in [6, 6.07) is 14.5. The van der Waals surface area contributed by atoms with E-state index in [-0.39, 0.29) is 0 Å². The van der Waals surface area contributed by atoms with Gasteiger partial charge in [-0.15, -0.1) is 0 Å². The third-order valence-corrected chi connectivity index (χ3v) is 3.83. The number of rotatable bonds is 5. The van der Waals surface area contributed by atoms with Gasteiger partial charge in [-0.1, -0.05) is 24.3 Å². The van der Waals surface area contributed by atoms with Crippen LogP contribution in [0.1, 0.15) is 24.0 Å². The fourth-order valence-corrected chi connectivity index (χ4v) is 2.71. The number of ether oxygens (including phenoxy) is 1. The molecule has 2 aromatic rings. The molecule has 0 fully saturated rings. The molecule has 0 bridgehead atoms. The highest BCUT2D eigenvalue weighted by molar-refractivity contribution is 5.61. The van der Waals surface area contributed by atoms with E-state index in [4.69, 9.17) is 10.5 Å². The molecular weight excluding hydrogens is 248 g/mol. The molecule has 0 saturated carbocycles. The predicted molar refractivity (Wildman–Crippen MR) is 83.4 cm³/mol. The Morgan fingerprint density at radius 2 is 2.10 bits per heavy atom. The highest BCUT2D eigenvalue weighted by Gasteiger charge is 2.24. The van der Waals surface area contributed by atoms with Gasteiger partial charge in [0.1, 0.15) is 5.75 Å². The average Bonchev–Trinajstić information content (AvgIpc) is 2.43. The summed E-state index contributed by atoms with van der Waals surface area (Å²) in [5, 5.41) is 3.48. The van der Waals surface area contributed by atoms with Crippen molar-refractivity contribution in [3.05, 3.63) is 53.6 Å². The summed E-state index contributed by atoms with van der Waals surface area (Å²) in [4.78, 5) is 0. The zero-order valence-corrected chi connectivity index (χ0v) is 11.7. The molecule has 0 aliphatic heterocycles. The Labute approximate surface area is 119 Å². The first-order valence-electron chi connectivity index (χ1n) is 7.12. The fourth-order valence-electron chi connectivity index (χ4n) is 2.71. The van der Waals surface area contributed by atoms with E-state index in [0.29, 0.717) is 18.2 Å². The Balaban J connectivity index is 1.64. The van der Waals surface area contributed by atoms with Gasteiger partial charge in [-0.2, -0.15) is 0 Å². The lowest BCUT2D eigenvalue weighted by atomic mass is 9.77. The highest BCUT2D eigenvalue weighted by Crippen LogP contribution is 2.35. The number of nitrogen functional groups attached to an aromatic ring is 1. The van der Waals surface area contributed by atoms with Gasteiger partial charge in [-0.05, 0) is 36.6 Å². The number of fused-ring (bicyclic) bond motifs is 1. The highest BCUT2D eigenvalue weighted by atomic mass is 16.5. The molecule has 1 aliphatic rings. The molecule has 0 spiro atoms. The predicted octanol–water partition coefficient (Wildman–Crippen LogP) is 3.42. The molecule has 3 rings (SSSR count). The van der Waals surface area contributed by atoms with E-state index in [1.54, 1.807) is 0 Å². The number of nitrogens with two attached hydrogens (primary N) is 1. The molecule has 2 aromatic carbocycles. The Bertz CT molecular complexity index is 610. The third kappa shape index (κ3) is 2.44. The second-order valence-electron chi connectivity index (χ2n) is 5.17. The van der Waals surface area contributed by atoms with Gasteiger partial charge in [0, 0.05) is 24.2 Å². The summed E-state index contributed by atoms with van der Waals surface area (Å²) in [6.07, 6.45) is 1.16. The maximum absolute atomic E-state index is 5.88. The van der Waals surface area contributed by atoms with E-state index in [1.165, 1.54) is 11.1 Å². The SMILES string of the molecule is CCOc1cc(NCC2Cc3ccccc32)ccc1N. The molecule has 20 heavy (non-hydrogen) atoms. The molecule has 1 unspecified atom stereocenters. The molecular formula is C17H20N2O. The standard InChI is InChI=1S/C17H20N2O/c1-2-20-17-10-14(7-8-16(17)18)19-11-13-9-12-5-3-4-6-15(12)13/h3-8,10,13,19H,2,9,11,18H2,1H3. The van der Waals surface area contributed by atoms with Gasteiger partial charge < -0.3 is 15.8 Å². The number of hydrogen-bond acceptors (Lipinski definition) is 3. The van der Waals surface area contributed by atoms with Gasteiger partial charge >= 0.3 is 0 Å². The quantitative estimate of drug-likeness (QED) is 0.817. The lowest BCUT2D eigenvalue weighted by molar-refractivity contribution is 0.342. The second-order valence-corrected chi connectivity index (χ2v) is 5.17. The zero-order valence-electron chi connectivity index (χ0n) is 11.7. The summed E-state index contributed by atoms with van der Waals surface area (Å²) in [5.74, 6) is 1.37. The summed E-state index contributed by atoms with van der Waals surface area (Å²) in [6.45, 7) is 3.54. The number of hydrogen-bond donors (Lipinski definition) is 2. The molecule has 0 heterocycles. The van der Waals surface area contributed by atoms with Crippen LogP contribution in [0.4, 0.5) is 11.4 Å². The van der Waals surface area contributed by atoms with Crippen LogP contribution in [0.3, 0.4) is 0 Å². The summed E-state index contributed by atoms with van der Waals surface area (Å²) >= 11 is 0. The smallest absolute Gasteiger partial charge is 0.144 e. The van der Waals surface area contributed by atoms with E-state index in [1.807, 2.05) is 25.1 Å². The molecule has 3 N–H and O–H groups in total. The minimum Gasteiger partial charge on any atom is -0.492 e. The summed E-state index contributed by atoms with van der Waals surface area (Å²) < 4.78 is 5.52. The monoisotopic (exact) mass is 268 g/mol. The molecule has 104 valence electrons. The van der Waals surface area contributed by atoms with E-state index < -0.39 is 0 Å². The minimum absolute atomic E-state index is 0.610. The van der Waals surface area contributed by atoms with Gasteiger partial charge in [-0.3, -0.25) is 0 Å². The number of nitrogens with one attached hydrogen (secondary N) is 1. The van der Waals surface area contributed by atoms with Crippen LogP contribution >= 0.6 is 0 Å². The van der Waals surface area contributed by atoms with Crippen LogP contribution in [-0.2, 0) is 6.42 Å². The van der Waals surface area contributed by atoms with Crippen molar-refractivity contribution in [2.75, 3.05) is 24.2 Å². The van der Waals surface area contributed by atoms with Crippen molar-refractivity contribution in [3.8, 4) is 5.75 Å². The maximum Gasteiger partial charge on any atom is 0.144 e. The molecule has 3 nitrogen and oxygen atoms in total. The first kappa shape index (κ1) is 12.9. The number of anilines is 2. The molecule has 0 amide bonds. The first-order valence-corrected chi connectivity index (χ1v) is 7.12. The van der Waals surface area contributed by atoms with Crippen LogP contribution < -0.4 is 15.8 Å². The van der Waals surface area contributed by atoms with Gasteiger partial charge in [-0.25, -0.2) is 0 Å². The Kier molecular flexibility index (Phi) is 3.50. The van der Waals surface area contributed by atoms with E-state index in [2.05, 4.69) is 29.6 Å². The van der Waals surface area contributed by atoms with E-state index in [9.17, 15) is 0 Å². The van der Waals surface area contributed by atoms with Crippen LogP contribution in [0.5, 0.6) is 5.75 Å². The third-order valence-electron chi connectivity index (χ3n) is 3.83. The van der Waals surface area contributed by atoms with Gasteiger partial charge in [0.05, 0.1) is 12.3 Å². The van der Waals surface area contributed by atoms with E-state index in [0.717, 1.165) is 24.4 Å². The molecule has 3 heteroatoms. The van der Waals surface area contributed by atoms with Crippen LogP contribution in [0.15, 0.2) is 42.5 Å². The Morgan fingerprint density at radius 1 is 1.25 bits per heavy atom. The Hall–Kier alpha value is -2.16. The summed E-state index contributed by atoms with van der Waals surface area (Å²) in [7, 11) is 0. The van der Waals surface area contributed by atoms with Crippen LogP contribution in [-0.4, -0.2) is 13.2 Å². The van der Waals surface area contributed by atoms with Crippen molar-refractivity contribution in [2.45, 2.75) is 19.3 Å². The topological polar surface area (TPSA) is 47.3 Å². The van der Waals surface area contributed by atoms with Crippen molar-refractivity contribution in [2.24, 2.45) is 0 Å². The van der Waals surface area contributed by atoms with Crippen molar-refractivity contribution in [1.82, 2.24) is 0 Å². The van der Waals surface area contributed by atoms with Gasteiger partial charge in [0.2, 0.25) is 0 Å². The van der Waals surface area contributed by atoms with Crippen molar-refractivity contribution >= 4 is 11.4 Å². The lowest BCUT2D eigenvalue weighted by Gasteiger charge is -2.30. The molecule has 1 atom stereocenters. The average molecular weight is 268 g/mol. The van der Waals surface area contributed by atoms with Gasteiger partial charge in [0.25, 0.3) is 0 Å². The van der Waals surface area contributed by atoms with E-state index >= 15 is 0 Å². The first-order chi connectivity index (χ1) is 9.78. The molecule has 0 radical (unpaired) electrons. The fraction of sp³-hybridized carbons (Fsp3) is 0.294. The van der Waals surface area contributed by atoms with Crippen molar-refractivity contribution in [1.29, 1.82) is 0 Å². The number of benzene rings is 2. The molecule has 1 aliphatic carbocycles. The zero-order chi connectivity index (χ0) is 13.9. The van der Waals surface area contributed by atoms with Crippen molar-refractivity contribution in [3.63, 3.8) is 0 Å². The maximum atomic E-state index is 5.88.